The summed E-state index contributed by atoms with van der Waals surface area (Å²) >= 11 is 0. The van der Waals surface area contributed by atoms with Crippen molar-refractivity contribution in [2.45, 2.75) is 32.1 Å². The molecule has 4 nitrogen and oxygen atoms in total. The number of carbonyl (C=O) groups is 2. The lowest BCUT2D eigenvalue weighted by atomic mass is 9.67. The van der Waals surface area contributed by atoms with Gasteiger partial charge in [0.15, 0.2) is 5.92 Å². The second kappa shape index (κ2) is 7.07. The number of aliphatic carboxylic acids is 2. The van der Waals surface area contributed by atoms with Crippen LogP contribution in [0.25, 0.3) is 0 Å². The summed E-state index contributed by atoms with van der Waals surface area (Å²) < 4.78 is 0. The van der Waals surface area contributed by atoms with Crippen molar-refractivity contribution in [1.82, 2.24) is 0 Å². The van der Waals surface area contributed by atoms with Crippen LogP contribution in [0.4, 0.5) is 0 Å². The Morgan fingerprint density at radius 2 is 1.90 bits per heavy atom. The average molecular weight is 290 g/mol. The van der Waals surface area contributed by atoms with Gasteiger partial charge in [-0.25, -0.2) is 0 Å². The molecule has 1 atom stereocenters. The van der Waals surface area contributed by atoms with Crippen LogP contribution in [0.2, 0.25) is 0 Å². The summed E-state index contributed by atoms with van der Waals surface area (Å²) in [5.41, 5.74) is 0.615. The summed E-state index contributed by atoms with van der Waals surface area (Å²) in [6, 6.07) is 0. The van der Waals surface area contributed by atoms with Crippen molar-refractivity contribution in [3.05, 3.63) is 49.1 Å². The Morgan fingerprint density at radius 1 is 1.29 bits per heavy atom. The van der Waals surface area contributed by atoms with Gasteiger partial charge in [0.1, 0.15) is 0 Å². The first kappa shape index (κ1) is 17.0. The number of allylic oxidation sites excluding steroid dienone is 5. The monoisotopic (exact) mass is 290 g/mol. The fourth-order valence-corrected chi connectivity index (χ4v) is 3.24. The summed E-state index contributed by atoms with van der Waals surface area (Å²) in [5, 5.41) is 18.8. The lowest BCUT2D eigenvalue weighted by Gasteiger charge is -2.34. The van der Waals surface area contributed by atoms with Crippen LogP contribution in [0, 0.1) is 11.3 Å². The molecule has 4 heteroatoms. The maximum atomic E-state index is 11.5. The predicted octanol–water partition coefficient (Wildman–Crippen LogP) is 3.58. The zero-order valence-corrected chi connectivity index (χ0v) is 12.2. The van der Waals surface area contributed by atoms with Crippen LogP contribution in [-0.4, -0.2) is 22.2 Å². The van der Waals surface area contributed by atoms with E-state index in [2.05, 4.69) is 19.7 Å². The van der Waals surface area contributed by atoms with Crippen molar-refractivity contribution in [1.29, 1.82) is 0 Å². The zero-order chi connectivity index (χ0) is 16.0. The van der Waals surface area contributed by atoms with Crippen LogP contribution in [0.5, 0.6) is 0 Å². The summed E-state index contributed by atoms with van der Waals surface area (Å²) in [4.78, 5) is 23.1. The van der Waals surface area contributed by atoms with Crippen LogP contribution < -0.4 is 0 Å². The van der Waals surface area contributed by atoms with Crippen molar-refractivity contribution in [2.24, 2.45) is 11.3 Å². The van der Waals surface area contributed by atoms with E-state index in [1.165, 1.54) is 0 Å². The lowest BCUT2D eigenvalue weighted by molar-refractivity contribution is -0.160. The molecule has 1 unspecified atom stereocenters. The average Bonchev–Trinajstić information content (AvgIpc) is 2.69. The Balaban J connectivity index is 3.34. The van der Waals surface area contributed by atoms with E-state index in [0.29, 0.717) is 25.7 Å². The molecule has 0 heterocycles. The maximum absolute atomic E-state index is 11.5. The van der Waals surface area contributed by atoms with Crippen molar-refractivity contribution >= 4 is 11.9 Å². The van der Waals surface area contributed by atoms with Gasteiger partial charge in [-0.3, -0.25) is 9.59 Å². The highest BCUT2D eigenvalue weighted by atomic mass is 16.4. The van der Waals surface area contributed by atoms with Crippen LogP contribution in [-0.2, 0) is 9.59 Å². The largest absolute Gasteiger partial charge is 0.481 e. The van der Waals surface area contributed by atoms with E-state index < -0.39 is 23.3 Å². The van der Waals surface area contributed by atoms with Gasteiger partial charge in [0.05, 0.1) is 0 Å². The molecule has 0 aromatic heterocycles. The zero-order valence-electron chi connectivity index (χ0n) is 12.2. The molecular formula is C17H22O4. The molecule has 2 N–H and O–H groups in total. The Morgan fingerprint density at radius 3 is 2.38 bits per heavy atom. The molecule has 21 heavy (non-hydrogen) atoms. The molecule has 0 aliphatic heterocycles. The van der Waals surface area contributed by atoms with E-state index in [1.54, 1.807) is 18.2 Å². The highest BCUT2D eigenvalue weighted by Crippen LogP contribution is 2.54. The third-order valence-corrected chi connectivity index (χ3v) is 4.15. The van der Waals surface area contributed by atoms with E-state index in [0.717, 1.165) is 17.6 Å². The first-order valence-electron chi connectivity index (χ1n) is 6.98. The Bertz CT molecular complexity index is 487. The molecule has 0 spiro atoms. The lowest BCUT2D eigenvalue weighted by Crippen LogP contribution is -2.40. The second-order valence-electron chi connectivity index (χ2n) is 5.37. The van der Waals surface area contributed by atoms with E-state index in [1.807, 2.05) is 0 Å². The van der Waals surface area contributed by atoms with Crippen molar-refractivity contribution in [3.63, 3.8) is 0 Å². The number of hydrogen-bond acceptors (Lipinski definition) is 2. The Kier molecular flexibility index (Phi) is 5.70. The van der Waals surface area contributed by atoms with E-state index in [-0.39, 0.29) is 0 Å². The fourth-order valence-electron chi connectivity index (χ4n) is 3.24. The molecule has 1 rings (SSSR count). The Labute approximate surface area is 125 Å². The minimum Gasteiger partial charge on any atom is -0.481 e. The van der Waals surface area contributed by atoms with Crippen molar-refractivity contribution in [3.8, 4) is 0 Å². The maximum Gasteiger partial charge on any atom is 0.318 e. The molecule has 1 aliphatic rings. The topological polar surface area (TPSA) is 74.6 Å². The summed E-state index contributed by atoms with van der Waals surface area (Å²) in [7, 11) is 0. The smallest absolute Gasteiger partial charge is 0.318 e. The molecule has 114 valence electrons. The Hall–Kier alpha value is -2.10. The van der Waals surface area contributed by atoms with Crippen molar-refractivity contribution in [2.75, 3.05) is 0 Å². The summed E-state index contributed by atoms with van der Waals surface area (Å²) in [5.74, 6) is -4.07. The van der Waals surface area contributed by atoms with Gasteiger partial charge in [0.25, 0.3) is 0 Å². The first-order chi connectivity index (χ1) is 9.90. The summed E-state index contributed by atoms with van der Waals surface area (Å²) in [6.07, 6.45) is 8.05. The standard InChI is InChI=1S/C17H22O4/c1-4-6-7-10-17(14(15(18)19)16(20)21)11-9-12(3)13(17)8-5-2/h4-5,8,14H,1-3,6-7,9-11H2,(H,18,19)(H,20,21)/b13-8+. The summed E-state index contributed by atoms with van der Waals surface area (Å²) in [6.45, 7) is 11.2. The third kappa shape index (κ3) is 3.32. The van der Waals surface area contributed by atoms with Gasteiger partial charge in [-0.1, -0.05) is 37.0 Å². The van der Waals surface area contributed by atoms with Gasteiger partial charge in [-0.15, -0.1) is 6.58 Å². The third-order valence-electron chi connectivity index (χ3n) is 4.15. The van der Waals surface area contributed by atoms with E-state index >= 15 is 0 Å². The molecule has 0 aromatic rings. The highest BCUT2D eigenvalue weighted by Gasteiger charge is 2.52. The molecule has 1 fully saturated rings. The van der Waals surface area contributed by atoms with Crippen molar-refractivity contribution < 1.29 is 19.8 Å². The van der Waals surface area contributed by atoms with Gasteiger partial charge in [0.2, 0.25) is 0 Å². The van der Waals surface area contributed by atoms with E-state index in [9.17, 15) is 19.8 Å². The van der Waals surface area contributed by atoms with Gasteiger partial charge in [-0.2, -0.15) is 0 Å². The number of hydrogen-bond donors (Lipinski definition) is 2. The minimum atomic E-state index is -1.47. The second-order valence-corrected chi connectivity index (χ2v) is 5.37. The van der Waals surface area contributed by atoms with Gasteiger partial charge < -0.3 is 10.2 Å². The molecule has 1 aliphatic carbocycles. The fraction of sp³-hybridized carbons (Fsp3) is 0.412. The number of rotatable bonds is 8. The van der Waals surface area contributed by atoms with Crippen LogP contribution in [0.15, 0.2) is 49.1 Å². The number of carboxylic acids is 2. The first-order valence-corrected chi connectivity index (χ1v) is 6.98. The number of unbranched alkanes of at least 4 members (excludes halogenated alkanes) is 1. The van der Waals surface area contributed by atoms with Gasteiger partial charge in [-0.05, 0) is 37.7 Å². The van der Waals surface area contributed by atoms with Crippen LogP contribution in [0.3, 0.4) is 0 Å². The number of carboxylic acid groups (broad SMARTS) is 2. The normalized spacial score (nSPS) is 23.5. The molecule has 0 radical (unpaired) electrons. The molecule has 1 saturated carbocycles. The molecule has 0 amide bonds. The molecular weight excluding hydrogens is 268 g/mol. The predicted molar refractivity (Wildman–Crippen MR) is 81.9 cm³/mol. The molecule has 0 saturated heterocycles. The highest BCUT2D eigenvalue weighted by molar-refractivity contribution is 5.95. The van der Waals surface area contributed by atoms with E-state index in [4.69, 9.17) is 0 Å². The SMILES string of the molecule is C=C/C=C1\C(=C)CCC1(CCCC=C)C(C(=O)O)C(=O)O. The van der Waals surface area contributed by atoms with Gasteiger partial charge in [0, 0.05) is 5.41 Å². The minimum absolute atomic E-state index is 0.487. The molecule has 0 bridgehead atoms. The van der Waals surface area contributed by atoms with Crippen LogP contribution in [0.1, 0.15) is 32.1 Å². The quantitative estimate of drug-likeness (QED) is 0.407. The van der Waals surface area contributed by atoms with Gasteiger partial charge >= 0.3 is 11.9 Å². The van der Waals surface area contributed by atoms with Crippen LogP contribution >= 0.6 is 0 Å². The molecule has 0 aromatic carbocycles.